The van der Waals surface area contributed by atoms with Gasteiger partial charge in [-0.05, 0) is 89.2 Å². The second-order valence-electron chi connectivity index (χ2n) is 16.1. The number of rotatable bonds is 13. The molecule has 298 valence electrons. The number of ether oxygens (including phenoxy) is 1. The van der Waals surface area contributed by atoms with E-state index in [2.05, 4.69) is 79.4 Å². The van der Waals surface area contributed by atoms with Crippen LogP contribution in [0.5, 0.6) is 0 Å². The lowest BCUT2D eigenvalue weighted by atomic mass is 9.85. The molecule has 2 rings (SSSR count). The first kappa shape index (κ1) is 50.2. The first-order chi connectivity index (χ1) is 23.7. The van der Waals surface area contributed by atoms with Crippen LogP contribution in [0.25, 0.3) is 0 Å². The molecule has 10 heteroatoms. The van der Waals surface area contributed by atoms with Crippen LogP contribution in [-0.2, 0) is 23.9 Å². The van der Waals surface area contributed by atoms with Crippen LogP contribution in [0, 0.1) is 17.3 Å². The smallest absolute Gasteiger partial charge is 0.328 e. The summed E-state index contributed by atoms with van der Waals surface area (Å²) >= 11 is 0. The Hall–Kier alpha value is -2.88. The molecule has 0 bridgehead atoms. The van der Waals surface area contributed by atoms with Gasteiger partial charge in [0.25, 0.3) is 0 Å². The average molecular weight is 722 g/mol. The van der Waals surface area contributed by atoms with Crippen LogP contribution in [-0.4, -0.2) is 103 Å². The molecule has 3 amide bonds. The number of nitrogens with one attached hydrogen (secondary N) is 2. The van der Waals surface area contributed by atoms with Gasteiger partial charge >= 0.3 is 5.97 Å². The fraction of sp³-hybridized carbons (Fsp3) is 0.805. The lowest BCUT2D eigenvalue weighted by Crippen LogP contribution is -2.60. The Bertz CT molecular complexity index is 1060. The fourth-order valence-electron chi connectivity index (χ4n) is 5.88. The lowest BCUT2D eigenvalue weighted by molar-refractivity contribution is -0.144. The predicted octanol–water partition coefficient (Wildman–Crippen LogP) is 7.19. The highest BCUT2D eigenvalue weighted by Crippen LogP contribution is 2.25. The summed E-state index contributed by atoms with van der Waals surface area (Å²) < 4.78 is 4.51. The Morgan fingerprint density at radius 2 is 1.45 bits per heavy atom. The third-order valence-electron chi connectivity index (χ3n) is 8.76. The van der Waals surface area contributed by atoms with Gasteiger partial charge in [-0.2, -0.15) is 0 Å². The maximum Gasteiger partial charge on any atom is 0.328 e. The number of hydrogen-bond donors (Lipinski definition) is 2. The van der Waals surface area contributed by atoms with Crippen molar-refractivity contribution in [3.8, 4) is 0 Å². The minimum absolute atomic E-state index is 0.0214. The molecule has 0 aliphatic carbocycles. The molecular weight excluding hydrogens is 642 g/mol. The topological polar surface area (TPSA) is 111 Å². The number of likely N-dealkylation sites (N-methyl/N-ethyl adjacent to an activating group) is 1. The zero-order chi connectivity index (χ0) is 40.1. The quantitative estimate of drug-likeness (QED) is 0.118. The molecule has 2 N–H and O–H groups in total. The van der Waals surface area contributed by atoms with Crippen molar-refractivity contribution >= 4 is 24.2 Å². The van der Waals surface area contributed by atoms with Crippen molar-refractivity contribution in [2.24, 2.45) is 17.3 Å². The largest absolute Gasteiger partial charge is 0.467 e. The summed E-state index contributed by atoms with van der Waals surface area (Å²) in [5, 5.41) is 5.56. The highest BCUT2D eigenvalue weighted by Gasteiger charge is 2.39. The van der Waals surface area contributed by atoms with Crippen LogP contribution >= 0.6 is 0 Å². The number of piperidine rings is 1. The molecule has 10 nitrogen and oxygen atoms in total. The molecule has 4 unspecified atom stereocenters. The summed E-state index contributed by atoms with van der Waals surface area (Å²) in [4.78, 5) is 54.4. The van der Waals surface area contributed by atoms with Gasteiger partial charge in [-0.15, -0.1) is 0 Å². The first-order valence-corrected chi connectivity index (χ1v) is 19.4. The van der Waals surface area contributed by atoms with E-state index in [4.69, 9.17) is 0 Å². The first-order valence-electron chi connectivity index (χ1n) is 19.4. The zero-order valence-electron chi connectivity index (χ0n) is 35.7. The maximum absolute atomic E-state index is 13.6. The molecule has 2 fully saturated rings. The second kappa shape index (κ2) is 26.0. The van der Waals surface area contributed by atoms with Crippen LogP contribution in [0.3, 0.4) is 0 Å². The van der Waals surface area contributed by atoms with Gasteiger partial charge in [0.1, 0.15) is 12.1 Å². The summed E-state index contributed by atoms with van der Waals surface area (Å²) in [6, 6.07) is -1.04. The number of esters is 1. The number of likely N-dealkylation sites (tertiary alicyclic amines) is 2. The van der Waals surface area contributed by atoms with E-state index in [0.29, 0.717) is 24.8 Å². The summed E-state index contributed by atoms with van der Waals surface area (Å²) in [6.07, 6.45) is 8.68. The normalized spacial score (nSPS) is 18.1. The van der Waals surface area contributed by atoms with Crippen LogP contribution in [0.2, 0.25) is 0 Å². The van der Waals surface area contributed by atoms with E-state index in [-0.39, 0.29) is 23.9 Å². The third-order valence-corrected chi connectivity index (χ3v) is 8.76. The standard InChI is InChI=1S/C27H48N4O2.C8H15NO3.C4H10.C2H6/c1-19(2)31-17-11-10-14-23(31)25(32)28-24(27(6,7)8)26(33)29(9)21(4)18-20(3)22(5)30-15-12-13-16-30;1-6(2)4-7(9-5-10)8(11)12-3;1-4(2)3;1-2/h18-19,21,23-24H,5,10-17H2,1-4,6-9H3,(H,28,32);5-7H,4H2,1-3H3,(H,9,10);4H,1-3H3;1-2H3/b20-18+;;;. The summed E-state index contributed by atoms with van der Waals surface area (Å²) in [5.41, 5.74) is 1.76. The fourth-order valence-corrected chi connectivity index (χ4v) is 5.88. The molecule has 2 aliphatic rings. The van der Waals surface area contributed by atoms with Crippen molar-refractivity contribution in [2.75, 3.05) is 33.8 Å². The monoisotopic (exact) mass is 722 g/mol. The number of amides is 3. The predicted molar refractivity (Wildman–Crippen MR) is 213 cm³/mol. The number of carbonyl (C=O) groups is 4. The van der Waals surface area contributed by atoms with Gasteiger partial charge in [-0.1, -0.05) is 88.3 Å². The summed E-state index contributed by atoms with van der Waals surface area (Å²) in [6.45, 7) is 36.2. The highest BCUT2D eigenvalue weighted by molar-refractivity contribution is 5.90. The second-order valence-corrected chi connectivity index (χ2v) is 16.1. The van der Waals surface area contributed by atoms with Gasteiger partial charge in [0.15, 0.2) is 0 Å². The van der Waals surface area contributed by atoms with E-state index in [0.717, 1.165) is 56.1 Å². The van der Waals surface area contributed by atoms with Gasteiger partial charge < -0.3 is 25.2 Å². The molecule has 0 aromatic carbocycles. The molecule has 2 heterocycles. The SMILES string of the molecule is C=C(/C(C)=C/C(C)N(C)C(=O)C(NC(=O)C1CCCCN1C(C)C)C(C)(C)C)N1CCCC1.CC.CC(C)C.COC(=O)C(CC(C)C)NC=O. The Balaban J connectivity index is 0. The van der Waals surface area contributed by atoms with Crippen molar-refractivity contribution in [3.05, 3.63) is 23.9 Å². The number of nitrogens with zero attached hydrogens (tertiary/aromatic N) is 3. The Morgan fingerprint density at radius 1 is 0.941 bits per heavy atom. The van der Waals surface area contributed by atoms with E-state index in [9.17, 15) is 19.2 Å². The molecule has 2 saturated heterocycles. The summed E-state index contributed by atoms with van der Waals surface area (Å²) in [7, 11) is 3.14. The van der Waals surface area contributed by atoms with Gasteiger partial charge in [0.05, 0.1) is 13.2 Å². The van der Waals surface area contributed by atoms with Crippen molar-refractivity contribution < 1.29 is 23.9 Å². The minimum atomic E-state index is -0.580. The Labute approximate surface area is 313 Å². The molecule has 51 heavy (non-hydrogen) atoms. The van der Waals surface area contributed by atoms with Crippen LogP contribution in [0.15, 0.2) is 23.9 Å². The molecule has 0 spiro atoms. The maximum atomic E-state index is 13.6. The third kappa shape index (κ3) is 19.5. The van der Waals surface area contributed by atoms with Crippen molar-refractivity contribution in [3.63, 3.8) is 0 Å². The van der Waals surface area contributed by atoms with Crippen LogP contribution < -0.4 is 10.6 Å². The molecular formula is C41H79N5O5. The molecule has 0 aromatic heterocycles. The van der Waals surface area contributed by atoms with Crippen LogP contribution in [0.4, 0.5) is 0 Å². The number of hydrogen-bond acceptors (Lipinski definition) is 7. The average Bonchev–Trinajstić information content (AvgIpc) is 3.61. The molecule has 0 radical (unpaired) electrons. The van der Waals surface area contributed by atoms with Gasteiger partial charge in [0.2, 0.25) is 18.2 Å². The Kier molecular flexibility index (Phi) is 25.6. The number of allylic oxidation sites excluding steroid dienone is 1. The number of carbonyl (C=O) groups excluding carboxylic acids is 4. The van der Waals surface area contributed by atoms with E-state index < -0.39 is 23.5 Å². The van der Waals surface area contributed by atoms with Gasteiger partial charge in [-0.3, -0.25) is 19.3 Å². The highest BCUT2D eigenvalue weighted by atomic mass is 16.5. The van der Waals surface area contributed by atoms with Crippen molar-refractivity contribution in [1.82, 2.24) is 25.3 Å². The molecule has 0 saturated carbocycles. The zero-order valence-corrected chi connectivity index (χ0v) is 35.7. The minimum Gasteiger partial charge on any atom is -0.467 e. The van der Waals surface area contributed by atoms with Crippen molar-refractivity contribution in [1.29, 1.82) is 0 Å². The Morgan fingerprint density at radius 3 is 1.88 bits per heavy atom. The van der Waals surface area contributed by atoms with Gasteiger partial charge in [0, 0.05) is 37.9 Å². The molecule has 0 aromatic rings. The molecule has 2 aliphatic heterocycles. The van der Waals surface area contributed by atoms with E-state index in [1.807, 2.05) is 62.4 Å². The van der Waals surface area contributed by atoms with E-state index in [1.165, 1.54) is 20.0 Å². The van der Waals surface area contributed by atoms with Crippen molar-refractivity contribution in [2.45, 2.75) is 166 Å². The van der Waals surface area contributed by atoms with E-state index >= 15 is 0 Å². The lowest BCUT2D eigenvalue weighted by Gasteiger charge is -2.40. The number of methoxy groups -OCH3 is 1. The van der Waals surface area contributed by atoms with E-state index in [1.54, 1.807) is 4.90 Å². The molecule has 4 atom stereocenters. The van der Waals surface area contributed by atoms with Gasteiger partial charge in [-0.25, -0.2) is 4.79 Å². The van der Waals surface area contributed by atoms with Crippen LogP contribution in [0.1, 0.15) is 135 Å². The summed E-state index contributed by atoms with van der Waals surface area (Å²) in [5.74, 6) is 0.718.